The maximum atomic E-state index is 13.8. The molecule has 3 aliphatic heterocycles. The minimum absolute atomic E-state index is 0.298. The molecular weight excluding hydrogens is 416 g/mol. The standard InChI is InChI=1S/C24H19ClN2O4/c1-12-8-9-13(25)11-17(12)27-22(30)18-16-7-4-10-26(16)24(19(18)23(27)31)20(28)14-5-2-3-6-15(14)21(24)29/h2-3,5-6,8-9,11,16,18-19H,4,7,10H2,1H3/t16-,18-,19+/m1/s1. The Morgan fingerprint density at radius 1 is 0.968 bits per heavy atom. The van der Waals surface area contributed by atoms with Crippen LogP contribution in [0.1, 0.15) is 39.1 Å². The second kappa shape index (κ2) is 6.11. The van der Waals surface area contributed by atoms with E-state index in [4.69, 9.17) is 11.6 Å². The van der Waals surface area contributed by atoms with Gasteiger partial charge in [-0.1, -0.05) is 41.9 Å². The summed E-state index contributed by atoms with van der Waals surface area (Å²) in [5.74, 6) is -3.25. The summed E-state index contributed by atoms with van der Waals surface area (Å²) >= 11 is 6.16. The number of benzene rings is 2. The number of Topliss-reactive ketones (excluding diaryl/α,β-unsaturated/α-hetero) is 2. The summed E-state index contributed by atoms with van der Waals surface area (Å²) in [6, 6.07) is 11.5. The summed E-state index contributed by atoms with van der Waals surface area (Å²) in [5.41, 5.74) is 0.222. The van der Waals surface area contributed by atoms with Crippen LogP contribution in [0.25, 0.3) is 0 Å². The Balaban J connectivity index is 1.56. The highest BCUT2D eigenvalue weighted by Gasteiger charge is 2.76. The number of ketones is 2. The Hall–Kier alpha value is -2.83. The first-order chi connectivity index (χ1) is 14.9. The lowest BCUT2D eigenvalue weighted by Gasteiger charge is -2.35. The fraction of sp³-hybridized carbons (Fsp3) is 0.333. The monoisotopic (exact) mass is 434 g/mol. The average molecular weight is 435 g/mol. The van der Waals surface area contributed by atoms with Crippen LogP contribution in [0.15, 0.2) is 42.5 Å². The molecule has 0 radical (unpaired) electrons. The van der Waals surface area contributed by atoms with Gasteiger partial charge in [0.05, 0.1) is 17.5 Å². The van der Waals surface area contributed by atoms with Crippen molar-refractivity contribution >= 4 is 40.7 Å². The Morgan fingerprint density at radius 3 is 2.32 bits per heavy atom. The number of fused-ring (bicyclic) bond motifs is 6. The SMILES string of the molecule is Cc1ccc(Cl)cc1N1C(=O)[C@@H]2[C@H]3CCCN3C3(C(=O)c4ccccc4C3=O)[C@@H]2C1=O. The number of aryl methyl sites for hydroxylation is 1. The summed E-state index contributed by atoms with van der Waals surface area (Å²) in [7, 11) is 0. The molecule has 7 heteroatoms. The van der Waals surface area contributed by atoms with Gasteiger partial charge in [0.15, 0.2) is 17.1 Å². The van der Waals surface area contributed by atoms with Crippen LogP contribution >= 0.6 is 11.6 Å². The van der Waals surface area contributed by atoms with Crippen LogP contribution in [0, 0.1) is 18.8 Å². The lowest BCUT2D eigenvalue weighted by Crippen LogP contribution is -2.59. The van der Waals surface area contributed by atoms with Gasteiger partial charge < -0.3 is 0 Å². The first kappa shape index (κ1) is 18.9. The zero-order valence-electron chi connectivity index (χ0n) is 16.8. The molecule has 4 aliphatic rings. The number of hydrogen-bond acceptors (Lipinski definition) is 5. The second-order valence-electron chi connectivity index (χ2n) is 8.82. The van der Waals surface area contributed by atoms with Crippen LogP contribution in [-0.4, -0.2) is 46.4 Å². The van der Waals surface area contributed by atoms with E-state index < -0.39 is 23.3 Å². The molecule has 0 unspecified atom stereocenters. The van der Waals surface area contributed by atoms with Gasteiger partial charge in [-0.3, -0.25) is 24.1 Å². The molecule has 2 amide bonds. The molecule has 2 aromatic rings. The first-order valence-electron chi connectivity index (χ1n) is 10.5. The Kier molecular flexibility index (Phi) is 3.73. The highest BCUT2D eigenvalue weighted by atomic mass is 35.5. The van der Waals surface area contributed by atoms with Crippen molar-refractivity contribution < 1.29 is 19.2 Å². The van der Waals surface area contributed by atoms with E-state index >= 15 is 0 Å². The predicted molar refractivity (Wildman–Crippen MR) is 113 cm³/mol. The molecule has 0 saturated carbocycles. The topological polar surface area (TPSA) is 74.8 Å². The molecule has 31 heavy (non-hydrogen) atoms. The van der Waals surface area contributed by atoms with Gasteiger partial charge in [0.1, 0.15) is 0 Å². The number of halogens is 1. The summed E-state index contributed by atoms with van der Waals surface area (Å²) in [4.78, 5) is 58.0. The summed E-state index contributed by atoms with van der Waals surface area (Å²) in [5, 5.41) is 0.413. The molecule has 0 bridgehead atoms. The fourth-order valence-corrected chi connectivity index (χ4v) is 6.46. The maximum absolute atomic E-state index is 13.8. The van der Waals surface area contributed by atoms with Crippen molar-refractivity contribution in [3.05, 3.63) is 64.2 Å². The molecule has 2 aromatic carbocycles. The normalized spacial score (nSPS) is 28.6. The third-order valence-corrected chi connectivity index (χ3v) is 7.72. The van der Waals surface area contributed by atoms with Crippen LogP contribution in [0.3, 0.4) is 0 Å². The number of carbonyl (C=O) groups excluding carboxylic acids is 4. The minimum Gasteiger partial charge on any atom is -0.291 e. The number of nitrogens with zero attached hydrogens (tertiary/aromatic N) is 2. The molecule has 6 nitrogen and oxygen atoms in total. The van der Waals surface area contributed by atoms with Gasteiger partial charge in [0.25, 0.3) is 0 Å². The van der Waals surface area contributed by atoms with E-state index in [1.807, 2.05) is 4.90 Å². The Labute approximate surface area is 183 Å². The van der Waals surface area contributed by atoms with E-state index in [1.54, 1.807) is 49.4 Å². The largest absolute Gasteiger partial charge is 0.291 e. The van der Waals surface area contributed by atoms with E-state index in [0.29, 0.717) is 34.8 Å². The summed E-state index contributed by atoms with van der Waals surface area (Å²) in [6.07, 6.45) is 1.46. The Morgan fingerprint density at radius 2 is 1.65 bits per heavy atom. The van der Waals surface area contributed by atoms with E-state index in [-0.39, 0.29) is 23.5 Å². The molecule has 3 saturated heterocycles. The molecule has 1 aliphatic carbocycles. The molecule has 0 aromatic heterocycles. The number of hydrogen-bond donors (Lipinski definition) is 0. The van der Waals surface area contributed by atoms with Crippen molar-refractivity contribution in [3.63, 3.8) is 0 Å². The number of rotatable bonds is 1. The van der Waals surface area contributed by atoms with Crippen LogP contribution in [-0.2, 0) is 9.59 Å². The zero-order chi connectivity index (χ0) is 21.7. The van der Waals surface area contributed by atoms with Gasteiger partial charge in [0.2, 0.25) is 11.8 Å². The average Bonchev–Trinajstić information content (AvgIpc) is 3.45. The van der Waals surface area contributed by atoms with Crippen molar-refractivity contribution in [3.8, 4) is 0 Å². The van der Waals surface area contributed by atoms with Crippen molar-refractivity contribution in [2.45, 2.75) is 31.3 Å². The van der Waals surface area contributed by atoms with Crippen LogP contribution in [0.5, 0.6) is 0 Å². The zero-order valence-corrected chi connectivity index (χ0v) is 17.6. The molecule has 3 heterocycles. The third kappa shape index (κ3) is 2.07. The smallest absolute Gasteiger partial charge is 0.240 e. The third-order valence-electron chi connectivity index (χ3n) is 7.49. The molecule has 156 valence electrons. The van der Waals surface area contributed by atoms with Gasteiger partial charge in [-0.15, -0.1) is 0 Å². The molecule has 0 N–H and O–H groups in total. The van der Waals surface area contributed by atoms with Crippen molar-refractivity contribution in [1.29, 1.82) is 0 Å². The molecule has 6 rings (SSSR count). The number of anilines is 1. The van der Waals surface area contributed by atoms with Crippen molar-refractivity contribution in [2.24, 2.45) is 11.8 Å². The predicted octanol–water partition coefficient (Wildman–Crippen LogP) is 3.05. The minimum atomic E-state index is -1.62. The fourth-order valence-electron chi connectivity index (χ4n) is 6.30. The lowest BCUT2D eigenvalue weighted by molar-refractivity contribution is -0.124. The lowest BCUT2D eigenvalue weighted by atomic mass is 9.76. The highest BCUT2D eigenvalue weighted by Crippen LogP contribution is 2.57. The molecule has 1 spiro atoms. The quantitative estimate of drug-likeness (QED) is 0.509. The van der Waals surface area contributed by atoms with Crippen LogP contribution in [0.4, 0.5) is 5.69 Å². The summed E-state index contributed by atoms with van der Waals surface area (Å²) in [6.45, 7) is 2.33. The van der Waals surface area contributed by atoms with Crippen molar-refractivity contribution in [2.75, 3.05) is 11.4 Å². The van der Waals surface area contributed by atoms with Gasteiger partial charge >= 0.3 is 0 Å². The van der Waals surface area contributed by atoms with E-state index in [1.165, 1.54) is 0 Å². The number of carbonyl (C=O) groups is 4. The van der Waals surface area contributed by atoms with Crippen LogP contribution < -0.4 is 4.90 Å². The molecule has 3 fully saturated rings. The molecular formula is C24H19ClN2O4. The first-order valence-corrected chi connectivity index (χ1v) is 10.9. The van der Waals surface area contributed by atoms with Crippen LogP contribution in [0.2, 0.25) is 5.02 Å². The molecule has 3 atom stereocenters. The number of amides is 2. The van der Waals surface area contributed by atoms with Gasteiger partial charge in [0, 0.05) is 22.2 Å². The second-order valence-corrected chi connectivity index (χ2v) is 9.26. The maximum Gasteiger partial charge on any atom is 0.240 e. The Bertz CT molecular complexity index is 1190. The van der Waals surface area contributed by atoms with E-state index in [2.05, 4.69) is 0 Å². The van der Waals surface area contributed by atoms with Gasteiger partial charge in [-0.2, -0.15) is 0 Å². The van der Waals surface area contributed by atoms with Gasteiger partial charge in [-0.25, -0.2) is 4.90 Å². The summed E-state index contributed by atoms with van der Waals surface area (Å²) < 4.78 is 0. The highest BCUT2D eigenvalue weighted by molar-refractivity contribution is 6.38. The van der Waals surface area contributed by atoms with Crippen molar-refractivity contribution in [1.82, 2.24) is 4.90 Å². The van der Waals surface area contributed by atoms with Gasteiger partial charge in [-0.05, 0) is 44.0 Å². The van der Waals surface area contributed by atoms with E-state index in [0.717, 1.165) is 16.9 Å². The number of imide groups is 1. The van der Waals surface area contributed by atoms with E-state index in [9.17, 15) is 19.2 Å².